The predicted octanol–water partition coefficient (Wildman–Crippen LogP) is 2.48. The average Bonchev–Trinajstić information content (AvgIpc) is 3.41. The lowest BCUT2D eigenvalue weighted by atomic mass is 10.2. The molecule has 1 saturated heterocycles. The van der Waals surface area contributed by atoms with Crippen molar-refractivity contribution in [1.82, 2.24) is 14.8 Å². The number of hydrogen-bond acceptors (Lipinski definition) is 6. The summed E-state index contributed by atoms with van der Waals surface area (Å²) in [5.74, 6) is -0.553. The Bertz CT molecular complexity index is 928. The highest BCUT2D eigenvalue weighted by Gasteiger charge is 2.25. The number of amides is 2. The summed E-state index contributed by atoms with van der Waals surface area (Å²) in [6.07, 6.45) is 2.66. The van der Waals surface area contributed by atoms with Gasteiger partial charge in [-0.2, -0.15) is 4.98 Å². The van der Waals surface area contributed by atoms with E-state index in [1.807, 2.05) is 18.2 Å². The van der Waals surface area contributed by atoms with Gasteiger partial charge < -0.3 is 13.7 Å². The Kier molecular flexibility index (Phi) is 5.20. The molecular formula is C20H20N4O4. The number of oxazole rings is 1. The Morgan fingerprint density at radius 2 is 1.79 bits per heavy atom. The van der Waals surface area contributed by atoms with E-state index < -0.39 is 5.91 Å². The van der Waals surface area contributed by atoms with Gasteiger partial charge in [0.2, 0.25) is 0 Å². The van der Waals surface area contributed by atoms with Crippen LogP contribution in [-0.4, -0.2) is 52.8 Å². The molecular weight excluding hydrogens is 360 g/mol. The van der Waals surface area contributed by atoms with Gasteiger partial charge in [0.1, 0.15) is 6.26 Å². The SMILES string of the molecule is O=C(Nc1nc(C(=O)N2CCN(Cc3ccccc3)CC2)co1)c1ccco1. The number of nitrogens with zero attached hydrogens (tertiary/aromatic N) is 3. The van der Waals surface area contributed by atoms with Gasteiger partial charge in [0.05, 0.1) is 6.26 Å². The van der Waals surface area contributed by atoms with Crippen LogP contribution in [0.25, 0.3) is 0 Å². The molecule has 144 valence electrons. The quantitative estimate of drug-likeness (QED) is 0.731. The molecule has 0 saturated carbocycles. The van der Waals surface area contributed by atoms with E-state index in [0.29, 0.717) is 13.1 Å². The number of carbonyl (C=O) groups excluding carboxylic acids is 2. The lowest BCUT2D eigenvalue weighted by molar-refractivity contribution is 0.0622. The second-order valence-electron chi connectivity index (χ2n) is 6.52. The summed E-state index contributed by atoms with van der Waals surface area (Å²) in [6.45, 7) is 3.69. The minimum atomic E-state index is -0.486. The molecule has 8 heteroatoms. The Morgan fingerprint density at radius 1 is 1.00 bits per heavy atom. The fraction of sp³-hybridized carbons (Fsp3) is 0.250. The molecule has 2 aromatic heterocycles. The highest BCUT2D eigenvalue weighted by Crippen LogP contribution is 2.14. The molecule has 0 aliphatic carbocycles. The molecule has 0 atom stereocenters. The summed E-state index contributed by atoms with van der Waals surface area (Å²) in [7, 11) is 0. The smallest absolute Gasteiger partial charge is 0.302 e. The van der Waals surface area contributed by atoms with E-state index in [1.165, 1.54) is 24.2 Å². The zero-order valence-corrected chi connectivity index (χ0v) is 15.2. The largest absolute Gasteiger partial charge is 0.459 e. The first kappa shape index (κ1) is 18.0. The Labute approximate surface area is 161 Å². The Morgan fingerprint density at radius 3 is 2.50 bits per heavy atom. The molecule has 3 heterocycles. The van der Waals surface area contributed by atoms with Crippen molar-refractivity contribution in [2.75, 3.05) is 31.5 Å². The monoisotopic (exact) mass is 380 g/mol. The lowest BCUT2D eigenvalue weighted by Gasteiger charge is -2.34. The average molecular weight is 380 g/mol. The molecule has 8 nitrogen and oxygen atoms in total. The van der Waals surface area contributed by atoms with Crippen LogP contribution < -0.4 is 5.32 Å². The van der Waals surface area contributed by atoms with Gasteiger partial charge in [0.15, 0.2) is 11.5 Å². The zero-order chi connectivity index (χ0) is 19.3. The number of benzene rings is 1. The summed E-state index contributed by atoms with van der Waals surface area (Å²) in [5, 5.41) is 2.47. The summed E-state index contributed by atoms with van der Waals surface area (Å²) in [4.78, 5) is 32.7. The molecule has 28 heavy (non-hydrogen) atoms. The minimum absolute atomic E-state index is 0.0348. The summed E-state index contributed by atoms with van der Waals surface area (Å²) in [6, 6.07) is 13.4. The van der Waals surface area contributed by atoms with E-state index in [-0.39, 0.29) is 23.4 Å². The fourth-order valence-corrected chi connectivity index (χ4v) is 3.11. The lowest BCUT2D eigenvalue weighted by Crippen LogP contribution is -2.48. The molecule has 1 N–H and O–H groups in total. The number of hydrogen-bond donors (Lipinski definition) is 1. The van der Waals surface area contributed by atoms with E-state index in [1.54, 1.807) is 11.0 Å². The maximum Gasteiger partial charge on any atom is 0.302 e. The molecule has 4 rings (SSSR count). The van der Waals surface area contributed by atoms with Gasteiger partial charge in [-0.05, 0) is 17.7 Å². The van der Waals surface area contributed by atoms with Crippen molar-refractivity contribution in [1.29, 1.82) is 0 Å². The molecule has 1 aliphatic rings. The van der Waals surface area contributed by atoms with Gasteiger partial charge >= 0.3 is 6.01 Å². The van der Waals surface area contributed by atoms with Crippen LogP contribution in [0.4, 0.5) is 6.01 Å². The van der Waals surface area contributed by atoms with Crippen LogP contribution in [0.3, 0.4) is 0 Å². The van der Waals surface area contributed by atoms with E-state index in [9.17, 15) is 9.59 Å². The number of rotatable bonds is 5. The number of anilines is 1. The molecule has 2 amide bonds. The van der Waals surface area contributed by atoms with Crippen molar-refractivity contribution >= 4 is 17.8 Å². The number of carbonyl (C=O) groups is 2. The summed E-state index contributed by atoms with van der Waals surface area (Å²) >= 11 is 0. The van der Waals surface area contributed by atoms with Gasteiger partial charge in [-0.1, -0.05) is 30.3 Å². The third-order valence-corrected chi connectivity index (χ3v) is 4.60. The maximum absolute atomic E-state index is 12.6. The van der Waals surface area contributed by atoms with Crippen molar-refractivity contribution in [2.24, 2.45) is 0 Å². The van der Waals surface area contributed by atoms with Gasteiger partial charge in [-0.25, -0.2) is 0 Å². The fourth-order valence-electron chi connectivity index (χ4n) is 3.11. The number of furan rings is 1. The molecule has 1 fully saturated rings. The normalized spacial score (nSPS) is 14.8. The first-order valence-corrected chi connectivity index (χ1v) is 9.05. The number of nitrogens with one attached hydrogen (secondary N) is 1. The Balaban J connectivity index is 1.30. The van der Waals surface area contributed by atoms with E-state index in [4.69, 9.17) is 8.83 Å². The van der Waals surface area contributed by atoms with Gasteiger partial charge in [0.25, 0.3) is 11.8 Å². The molecule has 0 radical (unpaired) electrons. The first-order chi connectivity index (χ1) is 13.7. The molecule has 0 bridgehead atoms. The van der Waals surface area contributed by atoms with E-state index >= 15 is 0 Å². The summed E-state index contributed by atoms with van der Waals surface area (Å²) < 4.78 is 10.2. The maximum atomic E-state index is 12.6. The van der Waals surface area contributed by atoms with Gasteiger partial charge in [-0.3, -0.25) is 19.8 Å². The second-order valence-corrected chi connectivity index (χ2v) is 6.52. The van der Waals surface area contributed by atoms with Crippen molar-refractivity contribution in [3.05, 3.63) is 72.0 Å². The van der Waals surface area contributed by atoms with Crippen molar-refractivity contribution in [3.63, 3.8) is 0 Å². The van der Waals surface area contributed by atoms with Crippen LogP contribution >= 0.6 is 0 Å². The molecule has 1 aromatic carbocycles. The van der Waals surface area contributed by atoms with Crippen molar-refractivity contribution < 1.29 is 18.4 Å². The third-order valence-electron chi connectivity index (χ3n) is 4.60. The molecule has 0 spiro atoms. The van der Waals surface area contributed by atoms with Crippen LogP contribution in [0.2, 0.25) is 0 Å². The van der Waals surface area contributed by atoms with Crippen LogP contribution in [-0.2, 0) is 6.54 Å². The number of aromatic nitrogens is 1. The Hall–Kier alpha value is -3.39. The zero-order valence-electron chi connectivity index (χ0n) is 15.2. The first-order valence-electron chi connectivity index (χ1n) is 9.05. The highest BCUT2D eigenvalue weighted by atomic mass is 16.4. The van der Waals surface area contributed by atoms with Gasteiger partial charge in [0, 0.05) is 32.7 Å². The predicted molar refractivity (Wildman–Crippen MR) is 101 cm³/mol. The minimum Gasteiger partial charge on any atom is -0.459 e. The van der Waals surface area contributed by atoms with E-state index in [0.717, 1.165) is 19.6 Å². The standard InChI is InChI=1S/C20H20N4O4/c25-18(17-7-4-12-27-17)22-20-21-16(14-28-20)19(26)24-10-8-23(9-11-24)13-15-5-2-1-3-6-15/h1-7,12,14H,8-11,13H2,(H,21,22,25). The van der Waals surface area contributed by atoms with Crippen LogP contribution in [0.5, 0.6) is 0 Å². The number of piperazine rings is 1. The van der Waals surface area contributed by atoms with Crippen LogP contribution in [0.15, 0.2) is 63.8 Å². The van der Waals surface area contributed by atoms with Crippen molar-refractivity contribution in [2.45, 2.75) is 6.54 Å². The van der Waals surface area contributed by atoms with E-state index in [2.05, 4.69) is 27.3 Å². The molecule has 3 aromatic rings. The van der Waals surface area contributed by atoms with Crippen LogP contribution in [0.1, 0.15) is 26.6 Å². The third kappa shape index (κ3) is 4.12. The topological polar surface area (TPSA) is 91.8 Å². The second kappa shape index (κ2) is 8.10. The molecule has 0 unspecified atom stereocenters. The summed E-state index contributed by atoms with van der Waals surface area (Å²) in [5.41, 5.74) is 1.43. The highest BCUT2D eigenvalue weighted by molar-refractivity contribution is 6.01. The van der Waals surface area contributed by atoms with Crippen molar-refractivity contribution in [3.8, 4) is 0 Å². The molecule has 1 aliphatic heterocycles. The van der Waals surface area contributed by atoms with Gasteiger partial charge in [-0.15, -0.1) is 0 Å². The van der Waals surface area contributed by atoms with Crippen LogP contribution in [0, 0.1) is 0 Å².